The van der Waals surface area contributed by atoms with Gasteiger partial charge in [-0.05, 0) is 37.1 Å². The maximum atomic E-state index is 12.7. The quantitative estimate of drug-likeness (QED) is 0.784. The van der Waals surface area contributed by atoms with Crippen molar-refractivity contribution < 1.29 is 9.59 Å². The fourth-order valence-electron chi connectivity index (χ4n) is 3.58. The second-order valence-corrected chi connectivity index (χ2v) is 9.21. The number of nitrogens with zero attached hydrogens (tertiary/aromatic N) is 3. The Balaban J connectivity index is 1.78. The number of halogens is 1. The number of anilines is 1. The normalized spacial score (nSPS) is 14.8. The number of carbonyl (C=O) groups excluding carboxylic acids is 2. The van der Waals surface area contributed by atoms with Gasteiger partial charge < -0.3 is 10.2 Å². The molecule has 0 aliphatic heterocycles. The molecule has 6 nitrogen and oxygen atoms in total. The maximum Gasteiger partial charge on any atom is 0.245 e. The standard InChI is InChI=1S/C22H29ClN4O2/c1-22(2,3)18-13-19(27(25-18)17-11-9-16(23)10-12-17)24-20(28)14-26(4)21(29)15-7-5-6-8-15/h9-13,15H,5-8,14H2,1-4H3,(H,24,28). The fourth-order valence-corrected chi connectivity index (χ4v) is 3.70. The minimum absolute atomic E-state index is 0.0198. The van der Waals surface area contributed by atoms with Crippen molar-refractivity contribution in [3.05, 3.63) is 41.0 Å². The van der Waals surface area contributed by atoms with Gasteiger partial charge in [0.25, 0.3) is 0 Å². The van der Waals surface area contributed by atoms with Gasteiger partial charge >= 0.3 is 0 Å². The van der Waals surface area contributed by atoms with E-state index >= 15 is 0 Å². The summed E-state index contributed by atoms with van der Waals surface area (Å²) in [7, 11) is 1.69. The van der Waals surface area contributed by atoms with Gasteiger partial charge in [-0.3, -0.25) is 9.59 Å². The number of hydrogen-bond acceptors (Lipinski definition) is 3. The molecular formula is C22H29ClN4O2. The van der Waals surface area contributed by atoms with Gasteiger partial charge in [-0.1, -0.05) is 45.2 Å². The first-order valence-electron chi connectivity index (χ1n) is 10.1. The second kappa shape index (κ2) is 8.57. The lowest BCUT2D eigenvalue weighted by Crippen LogP contribution is -2.38. The number of likely N-dealkylation sites (N-methyl/N-ethyl adjacent to an activating group) is 1. The summed E-state index contributed by atoms with van der Waals surface area (Å²) in [6.07, 6.45) is 4.02. The zero-order chi connectivity index (χ0) is 21.2. The number of amides is 2. The SMILES string of the molecule is CN(CC(=O)Nc1cc(C(C)(C)C)nn1-c1ccc(Cl)cc1)C(=O)C1CCCC1. The van der Waals surface area contributed by atoms with Crippen molar-refractivity contribution in [1.29, 1.82) is 0 Å². The van der Waals surface area contributed by atoms with Gasteiger partial charge in [-0.25, -0.2) is 4.68 Å². The Morgan fingerprint density at radius 3 is 2.41 bits per heavy atom. The molecule has 1 saturated carbocycles. The maximum absolute atomic E-state index is 12.7. The minimum Gasteiger partial charge on any atom is -0.336 e. The van der Waals surface area contributed by atoms with Crippen LogP contribution in [0.4, 0.5) is 5.82 Å². The molecule has 1 aliphatic carbocycles. The smallest absolute Gasteiger partial charge is 0.245 e. The van der Waals surface area contributed by atoms with Crippen LogP contribution < -0.4 is 5.32 Å². The molecule has 2 amide bonds. The summed E-state index contributed by atoms with van der Waals surface area (Å²) < 4.78 is 1.70. The number of hydrogen-bond donors (Lipinski definition) is 1. The van der Waals surface area contributed by atoms with Crippen molar-refractivity contribution in [2.24, 2.45) is 5.92 Å². The molecule has 156 valence electrons. The van der Waals surface area contributed by atoms with Crippen molar-refractivity contribution >= 4 is 29.2 Å². The van der Waals surface area contributed by atoms with Crippen molar-refractivity contribution in [1.82, 2.24) is 14.7 Å². The third kappa shape index (κ3) is 5.18. The second-order valence-electron chi connectivity index (χ2n) is 8.78. The highest BCUT2D eigenvalue weighted by Crippen LogP contribution is 2.28. The zero-order valence-corrected chi connectivity index (χ0v) is 18.3. The first-order chi connectivity index (χ1) is 13.6. The van der Waals surface area contributed by atoms with Gasteiger partial charge in [-0.15, -0.1) is 0 Å². The van der Waals surface area contributed by atoms with Crippen LogP contribution in [0.3, 0.4) is 0 Å². The number of nitrogens with one attached hydrogen (secondary N) is 1. The van der Waals surface area contributed by atoms with Crippen LogP contribution in [-0.4, -0.2) is 40.1 Å². The molecule has 0 saturated heterocycles. The summed E-state index contributed by atoms with van der Waals surface area (Å²) in [5, 5.41) is 8.25. The monoisotopic (exact) mass is 416 g/mol. The van der Waals surface area contributed by atoms with Crippen LogP contribution in [0.5, 0.6) is 0 Å². The van der Waals surface area contributed by atoms with E-state index < -0.39 is 0 Å². The molecule has 1 fully saturated rings. The van der Waals surface area contributed by atoms with Crippen LogP contribution in [0.1, 0.15) is 52.1 Å². The molecule has 0 atom stereocenters. The highest BCUT2D eigenvalue weighted by Gasteiger charge is 2.27. The molecular weight excluding hydrogens is 388 g/mol. The zero-order valence-electron chi connectivity index (χ0n) is 17.5. The van der Waals surface area contributed by atoms with E-state index in [1.807, 2.05) is 18.2 Å². The molecule has 1 heterocycles. The summed E-state index contributed by atoms with van der Waals surface area (Å²) >= 11 is 6.00. The van der Waals surface area contributed by atoms with Crippen molar-refractivity contribution in [2.45, 2.75) is 51.9 Å². The molecule has 0 unspecified atom stereocenters. The van der Waals surface area contributed by atoms with E-state index in [1.54, 1.807) is 23.9 Å². The van der Waals surface area contributed by atoms with Crippen molar-refractivity contribution in [2.75, 3.05) is 18.9 Å². The molecule has 7 heteroatoms. The third-order valence-corrected chi connectivity index (χ3v) is 5.53. The highest BCUT2D eigenvalue weighted by atomic mass is 35.5. The molecule has 0 bridgehead atoms. The molecule has 1 aliphatic rings. The number of aromatic nitrogens is 2. The Morgan fingerprint density at radius 2 is 1.83 bits per heavy atom. The summed E-state index contributed by atoms with van der Waals surface area (Å²) in [4.78, 5) is 26.7. The largest absolute Gasteiger partial charge is 0.336 e. The van der Waals surface area contributed by atoms with E-state index in [0.717, 1.165) is 37.1 Å². The topological polar surface area (TPSA) is 67.2 Å². The third-order valence-electron chi connectivity index (χ3n) is 5.28. The van der Waals surface area contributed by atoms with E-state index in [0.29, 0.717) is 10.8 Å². The lowest BCUT2D eigenvalue weighted by Gasteiger charge is -2.20. The van der Waals surface area contributed by atoms with E-state index in [2.05, 4.69) is 26.1 Å². The Hall–Kier alpha value is -2.34. The predicted octanol–water partition coefficient (Wildman–Crippen LogP) is 4.41. The summed E-state index contributed by atoms with van der Waals surface area (Å²) in [6.45, 7) is 6.23. The first kappa shape index (κ1) is 21.4. The van der Waals surface area contributed by atoms with Crippen LogP contribution >= 0.6 is 11.6 Å². The average Bonchev–Trinajstić information content (AvgIpc) is 3.31. The Kier molecular flexibility index (Phi) is 6.32. The Labute approximate surface area is 177 Å². The molecule has 0 radical (unpaired) electrons. The van der Waals surface area contributed by atoms with Gasteiger partial charge in [-0.2, -0.15) is 5.10 Å². The highest BCUT2D eigenvalue weighted by molar-refractivity contribution is 6.30. The Bertz CT molecular complexity index is 877. The Morgan fingerprint density at radius 1 is 1.21 bits per heavy atom. The number of carbonyl (C=O) groups is 2. The molecule has 3 rings (SSSR count). The van der Waals surface area contributed by atoms with Gasteiger partial charge in [0.05, 0.1) is 17.9 Å². The van der Waals surface area contributed by atoms with Gasteiger partial charge in [0.2, 0.25) is 11.8 Å². The van der Waals surface area contributed by atoms with Crippen LogP contribution in [0.25, 0.3) is 5.69 Å². The molecule has 1 aromatic heterocycles. The lowest BCUT2D eigenvalue weighted by molar-refractivity contribution is -0.136. The van der Waals surface area contributed by atoms with Crippen molar-refractivity contribution in [3.63, 3.8) is 0 Å². The van der Waals surface area contributed by atoms with Gasteiger partial charge in [0, 0.05) is 29.5 Å². The van der Waals surface area contributed by atoms with Crippen LogP contribution in [0.15, 0.2) is 30.3 Å². The van der Waals surface area contributed by atoms with Crippen LogP contribution in [-0.2, 0) is 15.0 Å². The van der Waals surface area contributed by atoms with E-state index in [9.17, 15) is 9.59 Å². The summed E-state index contributed by atoms with van der Waals surface area (Å²) in [6, 6.07) is 9.16. The van der Waals surface area contributed by atoms with Crippen molar-refractivity contribution in [3.8, 4) is 5.69 Å². The fraction of sp³-hybridized carbons (Fsp3) is 0.500. The number of rotatable bonds is 5. The molecule has 0 spiro atoms. The predicted molar refractivity (Wildman–Crippen MR) is 115 cm³/mol. The van der Waals surface area contributed by atoms with E-state index in [4.69, 9.17) is 16.7 Å². The average molecular weight is 417 g/mol. The summed E-state index contributed by atoms with van der Waals surface area (Å²) in [5.41, 5.74) is 1.49. The first-order valence-corrected chi connectivity index (χ1v) is 10.4. The molecule has 1 aromatic carbocycles. The van der Waals surface area contributed by atoms with Gasteiger partial charge in [0.1, 0.15) is 5.82 Å². The number of benzene rings is 1. The van der Waals surface area contributed by atoms with E-state index in [-0.39, 0.29) is 29.7 Å². The van der Waals surface area contributed by atoms with E-state index in [1.165, 1.54) is 4.90 Å². The van der Waals surface area contributed by atoms with Crippen LogP contribution in [0, 0.1) is 5.92 Å². The molecule has 29 heavy (non-hydrogen) atoms. The van der Waals surface area contributed by atoms with Gasteiger partial charge in [0.15, 0.2) is 0 Å². The minimum atomic E-state index is -0.241. The van der Waals surface area contributed by atoms with Crippen LogP contribution in [0.2, 0.25) is 5.02 Å². The summed E-state index contributed by atoms with van der Waals surface area (Å²) in [5.74, 6) is 0.442. The lowest BCUT2D eigenvalue weighted by atomic mass is 9.92. The molecule has 2 aromatic rings. The molecule has 1 N–H and O–H groups in total.